The molecule has 2 rings (SSSR count). The molecule has 16 heavy (non-hydrogen) atoms. The van der Waals surface area contributed by atoms with Crippen LogP contribution in [-0.2, 0) is 6.18 Å². The molecule has 3 N–H and O–H groups in total. The fraction of sp³-hybridized carbons (Fsp3) is 0.455. The Morgan fingerprint density at radius 2 is 2.12 bits per heavy atom. The van der Waals surface area contributed by atoms with E-state index in [9.17, 15) is 13.2 Å². The quantitative estimate of drug-likeness (QED) is 0.778. The Hall–Kier alpha value is -1.23. The lowest BCUT2D eigenvalue weighted by molar-refractivity contribution is -0.136. The smallest absolute Gasteiger partial charge is 0.384 e. The Morgan fingerprint density at radius 3 is 2.69 bits per heavy atom. The summed E-state index contributed by atoms with van der Waals surface area (Å²) in [6, 6.07) is 4.08. The van der Waals surface area contributed by atoms with Crippen LogP contribution in [-0.4, -0.2) is 12.6 Å². The van der Waals surface area contributed by atoms with Crippen molar-refractivity contribution in [2.24, 2.45) is 5.73 Å². The maximum Gasteiger partial charge on any atom is 0.418 e. The van der Waals surface area contributed by atoms with Crippen LogP contribution in [0.15, 0.2) is 18.2 Å². The Kier molecular flexibility index (Phi) is 2.58. The summed E-state index contributed by atoms with van der Waals surface area (Å²) in [5, 5.41) is 2.81. The van der Waals surface area contributed by atoms with Gasteiger partial charge in [-0.05, 0) is 18.6 Å². The SMILES string of the molecule is CC(N)C1CNc2c1cccc2C(F)(F)F. The molecule has 0 saturated heterocycles. The number of para-hydroxylation sites is 1. The first-order valence-corrected chi connectivity index (χ1v) is 5.11. The first kappa shape index (κ1) is 11.3. The predicted molar refractivity (Wildman–Crippen MR) is 56.3 cm³/mol. The van der Waals surface area contributed by atoms with Gasteiger partial charge in [0, 0.05) is 18.5 Å². The molecule has 0 aliphatic carbocycles. The zero-order valence-electron chi connectivity index (χ0n) is 8.81. The molecule has 1 aromatic rings. The number of fused-ring (bicyclic) bond motifs is 1. The Bertz CT molecular complexity index is 399. The summed E-state index contributed by atoms with van der Waals surface area (Å²) in [5.41, 5.74) is 6.01. The van der Waals surface area contributed by atoms with E-state index in [1.165, 1.54) is 6.07 Å². The van der Waals surface area contributed by atoms with Crippen LogP contribution in [0.4, 0.5) is 18.9 Å². The normalized spacial score (nSPS) is 21.4. The summed E-state index contributed by atoms with van der Waals surface area (Å²) in [4.78, 5) is 0. The van der Waals surface area contributed by atoms with Gasteiger partial charge in [0.1, 0.15) is 0 Å². The highest BCUT2D eigenvalue weighted by atomic mass is 19.4. The number of alkyl halides is 3. The minimum Gasteiger partial charge on any atom is -0.384 e. The fourth-order valence-corrected chi connectivity index (χ4v) is 2.10. The van der Waals surface area contributed by atoms with E-state index in [2.05, 4.69) is 5.32 Å². The van der Waals surface area contributed by atoms with Gasteiger partial charge in [-0.2, -0.15) is 13.2 Å². The molecule has 0 aromatic heterocycles. The number of nitrogens with one attached hydrogen (secondary N) is 1. The minimum atomic E-state index is -4.31. The molecule has 0 amide bonds. The van der Waals surface area contributed by atoms with Crippen LogP contribution in [0.1, 0.15) is 24.0 Å². The molecule has 2 nitrogen and oxygen atoms in total. The fourth-order valence-electron chi connectivity index (χ4n) is 2.10. The van der Waals surface area contributed by atoms with Gasteiger partial charge in [0.15, 0.2) is 0 Å². The van der Waals surface area contributed by atoms with Crippen LogP contribution in [0.5, 0.6) is 0 Å². The molecular weight excluding hydrogens is 217 g/mol. The molecule has 0 spiro atoms. The van der Waals surface area contributed by atoms with E-state index in [0.29, 0.717) is 12.1 Å². The van der Waals surface area contributed by atoms with Crippen molar-refractivity contribution in [1.29, 1.82) is 0 Å². The second-order valence-corrected chi connectivity index (χ2v) is 4.11. The zero-order chi connectivity index (χ0) is 11.9. The molecule has 5 heteroatoms. The van der Waals surface area contributed by atoms with Crippen LogP contribution in [0.25, 0.3) is 0 Å². The van der Waals surface area contributed by atoms with Crippen molar-refractivity contribution in [2.45, 2.75) is 25.1 Å². The lowest BCUT2D eigenvalue weighted by Gasteiger charge is -2.15. The van der Waals surface area contributed by atoms with E-state index < -0.39 is 11.7 Å². The second-order valence-electron chi connectivity index (χ2n) is 4.11. The van der Waals surface area contributed by atoms with Crippen molar-refractivity contribution in [2.75, 3.05) is 11.9 Å². The van der Waals surface area contributed by atoms with E-state index in [-0.39, 0.29) is 17.6 Å². The summed E-state index contributed by atoms with van der Waals surface area (Å²) in [6.45, 7) is 2.28. The van der Waals surface area contributed by atoms with Crippen molar-refractivity contribution >= 4 is 5.69 Å². The number of anilines is 1. The van der Waals surface area contributed by atoms with E-state index in [4.69, 9.17) is 5.73 Å². The van der Waals surface area contributed by atoms with Gasteiger partial charge in [0.2, 0.25) is 0 Å². The van der Waals surface area contributed by atoms with Crippen LogP contribution in [0, 0.1) is 0 Å². The third-order valence-corrected chi connectivity index (χ3v) is 2.93. The Labute approximate surface area is 91.6 Å². The molecule has 1 aliphatic heterocycles. The number of halogens is 3. The summed E-state index contributed by atoms with van der Waals surface area (Å²) >= 11 is 0. The summed E-state index contributed by atoms with van der Waals surface area (Å²) in [6.07, 6.45) is -4.31. The third kappa shape index (κ3) is 1.75. The molecule has 1 aromatic carbocycles. The number of benzene rings is 1. The van der Waals surface area contributed by atoms with Gasteiger partial charge < -0.3 is 11.1 Å². The molecule has 1 aliphatic rings. The highest BCUT2D eigenvalue weighted by Gasteiger charge is 2.37. The van der Waals surface area contributed by atoms with Crippen molar-refractivity contribution in [3.8, 4) is 0 Å². The van der Waals surface area contributed by atoms with Gasteiger partial charge in [-0.25, -0.2) is 0 Å². The number of nitrogens with two attached hydrogens (primary N) is 1. The lowest BCUT2D eigenvalue weighted by Crippen LogP contribution is -2.25. The molecule has 0 saturated carbocycles. The van der Waals surface area contributed by atoms with Crippen LogP contribution >= 0.6 is 0 Å². The lowest BCUT2D eigenvalue weighted by atomic mass is 9.93. The van der Waals surface area contributed by atoms with Gasteiger partial charge in [0.25, 0.3) is 0 Å². The van der Waals surface area contributed by atoms with Gasteiger partial charge in [-0.1, -0.05) is 12.1 Å². The van der Waals surface area contributed by atoms with E-state index in [1.54, 1.807) is 6.07 Å². The molecular formula is C11H13F3N2. The molecule has 88 valence electrons. The molecule has 2 unspecified atom stereocenters. The van der Waals surface area contributed by atoms with Crippen molar-refractivity contribution in [1.82, 2.24) is 0 Å². The summed E-state index contributed by atoms with van der Waals surface area (Å²) in [5.74, 6) is -0.0442. The van der Waals surface area contributed by atoms with Gasteiger partial charge in [-0.15, -0.1) is 0 Å². The Morgan fingerprint density at radius 1 is 1.44 bits per heavy atom. The monoisotopic (exact) mass is 230 g/mol. The van der Waals surface area contributed by atoms with Crippen molar-refractivity contribution < 1.29 is 13.2 Å². The molecule has 2 atom stereocenters. The van der Waals surface area contributed by atoms with Crippen LogP contribution < -0.4 is 11.1 Å². The Balaban J connectivity index is 2.48. The van der Waals surface area contributed by atoms with Crippen LogP contribution in [0.2, 0.25) is 0 Å². The average Bonchev–Trinajstić information content (AvgIpc) is 2.58. The van der Waals surface area contributed by atoms with Crippen LogP contribution in [0.3, 0.4) is 0 Å². The first-order chi connectivity index (χ1) is 7.41. The van der Waals surface area contributed by atoms with E-state index in [1.807, 2.05) is 6.92 Å². The summed E-state index contributed by atoms with van der Waals surface area (Å²) in [7, 11) is 0. The highest BCUT2D eigenvalue weighted by Crippen LogP contribution is 2.42. The number of rotatable bonds is 1. The molecule has 0 bridgehead atoms. The highest BCUT2D eigenvalue weighted by molar-refractivity contribution is 5.64. The molecule has 0 radical (unpaired) electrons. The van der Waals surface area contributed by atoms with E-state index >= 15 is 0 Å². The summed E-state index contributed by atoms with van der Waals surface area (Å²) < 4.78 is 38.1. The minimum absolute atomic E-state index is 0.0442. The maximum absolute atomic E-state index is 12.7. The topological polar surface area (TPSA) is 38.0 Å². The van der Waals surface area contributed by atoms with Crippen molar-refractivity contribution in [3.05, 3.63) is 29.3 Å². The van der Waals surface area contributed by atoms with Gasteiger partial charge in [0.05, 0.1) is 11.3 Å². The average molecular weight is 230 g/mol. The molecule has 0 fully saturated rings. The zero-order valence-corrected chi connectivity index (χ0v) is 8.81. The second kappa shape index (κ2) is 3.66. The van der Waals surface area contributed by atoms with Gasteiger partial charge in [-0.3, -0.25) is 0 Å². The largest absolute Gasteiger partial charge is 0.418 e. The third-order valence-electron chi connectivity index (χ3n) is 2.93. The number of hydrogen-bond donors (Lipinski definition) is 2. The standard InChI is InChI=1S/C11H13F3N2/c1-6(15)8-5-16-10-7(8)3-2-4-9(10)11(12,13)14/h2-4,6,8,16H,5,15H2,1H3. The van der Waals surface area contributed by atoms with Crippen molar-refractivity contribution in [3.63, 3.8) is 0 Å². The first-order valence-electron chi connectivity index (χ1n) is 5.11. The predicted octanol–water partition coefficient (Wildman–Crippen LogP) is 2.56. The number of hydrogen-bond acceptors (Lipinski definition) is 2. The molecule has 1 heterocycles. The maximum atomic E-state index is 12.7. The van der Waals surface area contributed by atoms with E-state index in [0.717, 1.165) is 6.07 Å². The van der Waals surface area contributed by atoms with Gasteiger partial charge >= 0.3 is 6.18 Å².